The summed E-state index contributed by atoms with van der Waals surface area (Å²) in [5.41, 5.74) is 0.442. The second-order valence-electron chi connectivity index (χ2n) is 5.93. The summed E-state index contributed by atoms with van der Waals surface area (Å²) in [6, 6.07) is 11.9. The van der Waals surface area contributed by atoms with Crippen LogP contribution >= 0.6 is 11.8 Å². The van der Waals surface area contributed by atoms with Crippen LogP contribution in [0.5, 0.6) is 0 Å². The van der Waals surface area contributed by atoms with Crippen LogP contribution in [0.25, 0.3) is 0 Å². The number of hydrogen-bond donors (Lipinski definition) is 2. The highest BCUT2D eigenvalue weighted by atomic mass is 32.2. The van der Waals surface area contributed by atoms with Crippen LogP contribution in [0.15, 0.2) is 59.6 Å². The number of H-pyrrole nitrogens is 1. The maximum absolute atomic E-state index is 13.6. The summed E-state index contributed by atoms with van der Waals surface area (Å²) in [4.78, 5) is 11.7. The minimum absolute atomic E-state index is 0.0725. The summed E-state index contributed by atoms with van der Waals surface area (Å²) in [6.45, 7) is 1.60. The van der Waals surface area contributed by atoms with E-state index in [9.17, 15) is 18.0 Å². The number of rotatable bonds is 5. The van der Waals surface area contributed by atoms with Crippen LogP contribution in [-0.2, 0) is 6.18 Å². The van der Waals surface area contributed by atoms with Crippen molar-refractivity contribution in [1.82, 2.24) is 10.2 Å². The fourth-order valence-corrected chi connectivity index (χ4v) is 3.90. The van der Waals surface area contributed by atoms with Gasteiger partial charge in [-0.2, -0.15) is 18.3 Å². The van der Waals surface area contributed by atoms with Crippen molar-refractivity contribution < 1.29 is 23.1 Å². The Morgan fingerprint density at radius 1 is 1.19 bits per heavy atom. The fraction of sp³-hybridized carbons (Fsp3) is 0.158. The Hall–Kier alpha value is -2.74. The van der Waals surface area contributed by atoms with E-state index >= 15 is 0 Å². The molecule has 4 nitrogen and oxygen atoms in total. The predicted octanol–water partition coefficient (Wildman–Crippen LogP) is 5.32. The van der Waals surface area contributed by atoms with Crippen LogP contribution in [0.3, 0.4) is 0 Å². The lowest BCUT2D eigenvalue weighted by Crippen LogP contribution is -2.12. The van der Waals surface area contributed by atoms with Gasteiger partial charge in [0.15, 0.2) is 0 Å². The van der Waals surface area contributed by atoms with Gasteiger partial charge in [-0.25, -0.2) is 4.79 Å². The first-order valence-corrected chi connectivity index (χ1v) is 8.80. The van der Waals surface area contributed by atoms with Gasteiger partial charge in [-0.3, -0.25) is 5.10 Å². The number of aromatic carboxylic acids is 1. The van der Waals surface area contributed by atoms with Gasteiger partial charge in [0, 0.05) is 11.1 Å². The van der Waals surface area contributed by atoms with Crippen molar-refractivity contribution in [2.24, 2.45) is 0 Å². The third kappa shape index (κ3) is 4.33. The number of carboxylic acids is 1. The van der Waals surface area contributed by atoms with Gasteiger partial charge in [-0.05, 0) is 42.8 Å². The minimum Gasteiger partial charge on any atom is -0.478 e. The molecule has 1 unspecified atom stereocenters. The quantitative estimate of drug-likeness (QED) is 0.577. The first-order chi connectivity index (χ1) is 12.8. The Morgan fingerprint density at radius 3 is 2.59 bits per heavy atom. The summed E-state index contributed by atoms with van der Waals surface area (Å²) < 4.78 is 40.9. The van der Waals surface area contributed by atoms with E-state index in [2.05, 4.69) is 10.2 Å². The molecule has 0 amide bonds. The molecule has 0 bridgehead atoms. The molecule has 1 aromatic heterocycles. The second kappa shape index (κ2) is 7.48. The SMILES string of the molecule is Cc1ccc(C(Sc2cccc(C(=O)O)c2)c2ccn[nH]2)c(C(F)(F)F)c1. The molecule has 3 rings (SSSR count). The van der Waals surface area contributed by atoms with Crippen molar-refractivity contribution in [2.45, 2.75) is 23.2 Å². The molecule has 1 atom stereocenters. The number of benzene rings is 2. The van der Waals surface area contributed by atoms with E-state index in [0.29, 0.717) is 16.2 Å². The number of alkyl halides is 3. The number of aryl methyl sites for hydroxylation is 1. The molecule has 2 aromatic carbocycles. The maximum atomic E-state index is 13.6. The molecule has 140 valence electrons. The van der Waals surface area contributed by atoms with Crippen molar-refractivity contribution in [1.29, 1.82) is 0 Å². The number of carbonyl (C=O) groups is 1. The summed E-state index contributed by atoms with van der Waals surface area (Å²) in [5.74, 6) is -1.10. The molecule has 1 heterocycles. The van der Waals surface area contributed by atoms with Gasteiger partial charge in [-0.15, -0.1) is 11.8 Å². The van der Waals surface area contributed by atoms with Crippen LogP contribution in [-0.4, -0.2) is 21.3 Å². The number of aromatic amines is 1. The number of aromatic nitrogens is 2. The van der Waals surface area contributed by atoms with Gasteiger partial charge in [0.2, 0.25) is 0 Å². The van der Waals surface area contributed by atoms with Gasteiger partial charge >= 0.3 is 12.1 Å². The predicted molar refractivity (Wildman–Crippen MR) is 95.9 cm³/mol. The lowest BCUT2D eigenvalue weighted by atomic mass is 9.99. The number of nitrogens with zero attached hydrogens (tertiary/aromatic N) is 1. The molecule has 27 heavy (non-hydrogen) atoms. The van der Waals surface area contributed by atoms with E-state index in [1.807, 2.05) is 0 Å². The molecule has 8 heteroatoms. The van der Waals surface area contributed by atoms with Crippen molar-refractivity contribution in [3.8, 4) is 0 Å². The molecule has 0 radical (unpaired) electrons. The van der Waals surface area contributed by atoms with Crippen molar-refractivity contribution in [2.75, 3.05) is 0 Å². The zero-order chi connectivity index (χ0) is 19.6. The highest BCUT2D eigenvalue weighted by Crippen LogP contribution is 2.45. The molecule has 2 N–H and O–H groups in total. The Kier molecular flexibility index (Phi) is 5.27. The van der Waals surface area contributed by atoms with Crippen molar-refractivity contribution in [3.63, 3.8) is 0 Å². The Morgan fingerprint density at radius 2 is 1.96 bits per heavy atom. The number of carboxylic acid groups (broad SMARTS) is 1. The van der Waals surface area contributed by atoms with Crippen LogP contribution in [0.1, 0.15) is 38.0 Å². The van der Waals surface area contributed by atoms with Crippen LogP contribution in [0, 0.1) is 6.92 Å². The van der Waals surface area contributed by atoms with E-state index in [1.165, 1.54) is 24.4 Å². The Bertz CT molecular complexity index is 956. The third-order valence-electron chi connectivity index (χ3n) is 3.94. The standard InChI is InChI=1S/C19H15F3N2O2S/c1-11-5-6-14(15(9-11)19(20,21)22)17(16-7-8-23-24-16)27-13-4-2-3-12(10-13)18(25)26/h2-10,17H,1H3,(H,23,24)(H,25,26). The van der Waals surface area contributed by atoms with E-state index in [-0.39, 0.29) is 11.1 Å². The largest absolute Gasteiger partial charge is 0.478 e. The zero-order valence-corrected chi connectivity index (χ0v) is 14.9. The smallest absolute Gasteiger partial charge is 0.416 e. The van der Waals surface area contributed by atoms with E-state index in [4.69, 9.17) is 5.11 Å². The topological polar surface area (TPSA) is 66.0 Å². The summed E-state index contributed by atoms with van der Waals surface area (Å²) in [7, 11) is 0. The van der Waals surface area contributed by atoms with E-state index < -0.39 is 23.0 Å². The number of thioether (sulfide) groups is 1. The molecular weight excluding hydrogens is 377 g/mol. The third-order valence-corrected chi connectivity index (χ3v) is 5.21. The molecule has 0 fully saturated rings. The average Bonchev–Trinajstić information content (AvgIpc) is 3.14. The number of hydrogen-bond acceptors (Lipinski definition) is 3. The molecule has 0 spiro atoms. The molecular formula is C19H15F3N2O2S. The Labute approximate surface area is 157 Å². The highest BCUT2D eigenvalue weighted by molar-refractivity contribution is 7.99. The van der Waals surface area contributed by atoms with Gasteiger partial charge in [0.1, 0.15) is 0 Å². The summed E-state index contributed by atoms with van der Waals surface area (Å²) >= 11 is 1.13. The summed E-state index contributed by atoms with van der Waals surface area (Å²) in [5, 5.41) is 15.0. The highest BCUT2D eigenvalue weighted by Gasteiger charge is 2.36. The lowest BCUT2D eigenvalue weighted by Gasteiger charge is -2.21. The molecule has 0 saturated carbocycles. The van der Waals surface area contributed by atoms with Gasteiger partial charge < -0.3 is 5.11 Å². The lowest BCUT2D eigenvalue weighted by molar-refractivity contribution is -0.138. The molecule has 0 aliphatic rings. The van der Waals surface area contributed by atoms with Crippen LogP contribution in [0.4, 0.5) is 13.2 Å². The maximum Gasteiger partial charge on any atom is 0.416 e. The van der Waals surface area contributed by atoms with E-state index in [0.717, 1.165) is 17.8 Å². The molecule has 0 aliphatic heterocycles. The Balaban J connectivity index is 2.09. The minimum atomic E-state index is -4.51. The number of nitrogens with one attached hydrogen (secondary N) is 1. The fourth-order valence-electron chi connectivity index (χ4n) is 2.69. The van der Waals surface area contributed by atoms with Gasteiger partial charge in [0.25, 0.3) is 0 Å². The first kappa shape index (κ1) is 19.0. The van der Waals surface area contributed by atoms with E-state index in [1.54, 1.807) is 31.2 Å². The molecule has 3 aromatic rings. The second-order valence-corrected chi connectivity index (χ2v) is 7.11. The van der Waals surface area contributed by atoms with Crippen LogP contribution < -0.4 is 0 Å². The van der Waals surface area contributed by atoms with Gasteiger partial charge in [0.05, 0.1) is 22.1 Å². The van der Waals surface area contributed by atoms with Crippen molar-refractivity contribution in [3.05, 3.63) is 82.7 Å². The molecule has 0 saturated heterocycles. The van der Waals surface area contributed by atoms with Crippen molar-refractivity contribution >= 4 is 17.7 Å². The number of halogens is 3. The molecule has 0 aliphatic carbocycles. The summed E-state index contributed by atoms with van der Waals surface area (Å²) in [6.07, 6.45) is -3.04. The van der Waals surface area contributed by atoms with Gasteiger partial charge in [-0.1, -0.05) is 23.8 Å². The zero-order valence-electron chi connectivity index (χ0n) is 14.1. The average molecular weight is 392 g/mol. The monoisotopic (exact) mass is 392 g/mol. The normalized spacial score (nSPS) is 12.7. The van der Waals surface area contributed by atoms with Crippen LogP contribution in [0.2, 0.25) is 0 Å². The first-order valence-electron chi connectivity index (χ1n) is 7.93.